The van der Waals surface area contributed by atoms with Gasteiger partial charge in [0.2, 0.25) is 5.95 Å². The number of aromatic nitrogens is 4. The van der Waals surface area contributed by atoms with Crippen molar-refractivity contribution in [1.82, 2.24) is 19.7 Å². The number of aryl methyl sites for hydroxylation is 1. The summed E-state index contributed by atoms with van der Waals surface area (Å²) in [4.78, 5) is 7.98. The van der Waals surface area contributed by atoms with Crippen molar-refractivity contribution in [3.63, 3.8) is 0 Å². The van der Waals surface area contributed by atoms with Crippen LogP contribution in [0.3, 0.4) is 0 Å². The van der Waals surface area contributed by atoms with Gasteiger partial charge in [-0.1, -0.05) is 6.42 Å². The molecule has 1 fully saturated rings. The van der Waals surface area contributed by atoms with Crippen LogP contribution < -0.4 is 5.32 Å². The predicted octanol–water partition coefficient (Wildman–Crippen LogP) is 4.27. The summed E-state index contributed by atoms with van der Waals surface area (Å²) in [5.41, 5.74) is -0.424. The maximum Gasteiger partial charge on any atom is 0.419 e. The van der Waals surface area contributed by atoms with Crippen molar-refractivity contribution in [2.45, 2.75) is 57.7 Å². The highest BCUT2D eigenvalue weighted by molar-refractivity contribution is 5.55. The van der Waals surface area contributed by atoms with Crippen molar-refractivity contribution in [1.29, 1.82) is 5.26 Å². The Morgan fingerprint density at radius 2 is 2.00 bits per heavy atom. The summed E-state index contributed by atoms with van der Waals surface area (Å²) >= 11 is 0. The van der Waals surface area contributed by atoms with E-state index < -0.39 is 17.3 Å². The lowest BCUT2D eigenvalue weighted by Gasteiger charge is -2.27. The summed E-state index contributed by atoms with van der Waals surface area (Å²) in [5.74, 6) is -0.0890. The number of anilines is 2. The van der Waals surface area contributed by atoms with E-state index in [0.717, 1.165) is 12.6 Å². The van der Waals surface area contributed by atoms with Crippen molar-refractivity contribution in [2.24, 2.45) is 0 Å². The number of nitrogens with zero attached hydrogens (tertiary/aromatic N) is 5. The first-order chi connectivity index (χ1) is 12.1. The molecule has 0 radical (unpaired) electrons. The standard InChI is InChI=1S/C17H19F3N6/c1-10-13(8-26(25-10)16(2,3)9-21)23-15-22-7-12(17(18,19)20)14(24-15)11-5-4-6-11/h7-8,11H,4-6H2,1-3H3,(H,22,23,24). The molecule has 0 atom stereocenters. The molecule has 3 rings (SSSR count). The fourth-order valence-corrected chi connectivity index (χ4v) is 2.71. The zero-order valence-electron chi connectivity index (χ0n) is 14.7. The van der Waals surface area contributed by atoms with Crippen LogP contribution in [0.4, 0.5) is 24.8 Å². The Balaban J connectivity index is 1.93. The van der Waals surface area contributed by atoms with Gasteiger partial charge in [0, 0.05) is 12.1 Å². The van der Waals surface area contributed by atoms with Gasteiger partial charge in [-0.15, -0.1) is 0 Å². The molecule has 0 bridgehead atoms. The molecule has 1 N–H and O–H groups in total. The maximum absolute atomic E-state index is 13.2. The fraction of sp³-hybridized carbons (Fsp3) is 0.529. The molecule has 0 aromatic carbocycles. The van der Waals surface area contributed by atoms with E-state index in [1.165, 1.54) is 4.68 Å². The topological polar surface area (TPSA) is 79.4 Å². The summed E-state index contributed by atoms with van der Waals surface area (Å²) in [6.45, 7) is 5.17. The molecule has 1 saturated carbocycles. The van der Waals surface area contributed by atoms with Crippen LogP contribution in [0.1, 0.15) is 56.0 Å². The second-order valence-corrected chi connectivity index (χ2v) is 6.99. The number of nitrogens with one attached hydrogen (secondary N) is 1. The van der Waals surface area contributed by atoms with E-state index in [4.69, 9.17) is 0 Å². The Kier molecular flexibility index (Phi) is 4.38. The Bertz CT molecular complexity index is 858. The van der Waals surface area contributed by atoms with Crippen LogP contribution in [0.5, 0.6) is 0 Å². The number of rotatable bonds is 4. The van der Waals surface area contributed by atoms with Crippen LogP contribution >= 0.6 is 0 Å². The molecule has 0 spiro atoms. The highest BCUT2D eigenvalue weighted by Crippen LogP contribution is 2.42. The summed E-state index contributed by atoms with van der Waals surface area (Å²) in [5, 5.41) is 16.4. The first-order valence-electron chi connectivity index (χ1n) is 8.31. The van der Waals surface area contributed by atoms with Gasteiger partial charge >= 0.3 is 6.18 Å². The second kappa shape index (κ2) is 6.27. The molecule has 6 nitrogen and oxygen atoms in total. The molecule has 2 aromatic rings. The van der Waals surface area contributed by atoms with Gasteiger partial charge in [-0.05, 0) is 33.6 Å². The number of hydrogen-bond acceptors (Lipinski definition) is 5. The molecule has 2 heterocycles. The van der Waals surface area contributed by atoms with Gasteiger partial charge < -0.3 is 5.32 Å². The molecule has 0 aliphatic heterocycles. The zero-order valence-corrected chi connectivity index (χ0v) is 14.7. The third kappa shape index (κ3) is 3.36. The van der Waals surface area contributed by atoms with Gasteiger partial charge in [-0.2, -0.15) is 23.5 Å². The third-order valence-corrected chi connectivity index (χ3v) is 4.61. The summed E-state index contributed by atoms with van der Waals surface area (Å²) in [6.07, 6.45) is 0.301. The van der Waals surface area contributed by atoms with E-state index in [-0.39, 0.29) is 17.6 Å². The van der Waals surface area contributed by atoms with E-state index >= 15 is 0 Å². The van der Waals surface area contributed by atoms with Crippen molar-refractivity contribution in [3.05, 3.63) is 29.3 Å². The molecule has 9 heteroatoms. The summed E-state index contributed by atoms with van der Waals surface area (Å²) in [7, 11) is 0. The lowest BCUT2D eigenvalue weighted by atomic mass is 9.81. The van der Waals surface area contributed by atoms with Gasteiger partial charge in [-0.3, -0.25) is 4.68 Å². The molecule has 1 aliphatic rings. The number of hydrogen-bond donors (Lipinski definition) is 1. The van der Waals surface area contributed by atoms with Crippen molar-refractivity contribution in [2.75, 3.05) is 5.32 Å². The first-order valence-corrected chi connectivity index (χ1v) is 8.31. The first kappa shape index (κ1) is 18.2. The molecule has 0 unspecified atom stereocenters. The van der Waals surface area contributed by atoms with Gasteiger partial charge in [0.05, 0.1) is 34.9 Å². The molecule has 26 heavy (non-hydrogen) atoms. The summed E-state index contributed by atoms with van der Waals surface area (Å²) < 4.78 is 41.2. The maximum atomic E-state index is 13.2. The van der Waals surface area contributed by atoms with Gasteiger partial charge in [0.15, 0.2) is 0 Å². The summed E-state index contributed by atoms with van der Waals surface area (Å²) in [6, 6.07) is 2.14. The quantitative estimate of drug-likeness (QED) is 0.876. The lowest BCUT2D eigenvalue weighted by molar-refractivity contribution is -0.139. The van der Waals surface area contributed by atoms with Crippen LogP contribution in [0, 0.1) is 18.3 Å². The Hall–Kier alpha value is -2.63. The molecular formula is C17H19F3N6. The molecule has 138 valence electrons. The highest BCUT2D eigenvalue weighted by Gasteiger charge is 2.38. The Morgan fingerprint density at radius 3 is 2.54 bits per heavy atom. The van der Waals surface area contributed by atoms with Gasteiger partial charge in [-0.25, -0.2) is 9.97 Å². The molecule has 1 aliphatic carbocycles. The van der Waals surface area contributed by atoms with Crippen molar-refractivity contribution < 1.29 is 13.2 Å². The van der Waals surface area contributed by atoms with Crippen LogP contribution in [-0.2, 0) is 11.7 Å². The monoisotopic (exact) mass is 364 g/mol. The highest BCUT2D eigenvalue weighted by atomic mass is 19.4. The normalized spacial score (nSPS) is 15.4. The average Bonchev–Trinajstić information content (AvgIpc) is 2.86. The minimum Gasteiger partial charge on any atom is -0.321 e. The number of halogens is 3. The molecule has 0 saturated heterocycles. The minimum atomic E-state index is -4.47. The van der Waals surface area contributed by atoms with E-state index in [1.54, 1.807) is 27.0 Å². The fourth-order valence-electron chi connectivity index (χ4n) is 2.71. The van der Waals surface area contributed by atoms with Crippen LogP contribution in [0.15, 0.2) is 12.4 Å². The van der Waals surface area contributed by atoms with E-state index in [0.29, 0.717) is 24.2 Å². The third-order valence-electron chi connectivity index (χ3n) is 4.61. The van der Waals surface area contributed by atoms with Crippen LogP contribution in [0.2, 0.25) is 0 Å². The smallest absolute Gasteiger partial charge is 0.321 e. The number of alkyl halides is 3. The lowest BCUT2D eigenvalue weighted by Crippen LogP contribution is -2.24. The Morgan fingerprint density at radius 1 is 1.31 bits per heavy atom. The molecule has 2 aromatic heterocycles. The van der Waals surface area contributed by atoms with Crippen LogP contribution in [0.25, 0.3) is 0 Å². The molecule has 0 amide bonds. The average molecular weight is 364 g/mol. The second-order valence-electron chi connectivity index (χ2n) is 6.99. The molecular weight excluding hydrogens is 345 g/mol. The SMILES string of the molecule is Cc1nn(C(C)(C)C#N)cc1Nc1ncc(C(F)(F)F)c(C2CCC2)n1. The van der Waals surface area contributed by atoms with Crippen molar-refractivity contribution >= 4 is 11.6 Å². The predicted molar refractivity (Wildman–Crippen MR) is 88.8 cm³/mol. The van der Waals surface area contributed by atoms with E-state index in [2.05, 4.69) is 26.5 Å². The van der Waals surface area contributed by atoms with E-state index in [9.17, 15) is 18.4 Å². The minimum absolute atomic E-state index is 0.0450. The van der Waals surface area contributed by atoms with Crippen molar-refractivity contribution in [3.8, 4) is 6.07 Å². The Labute approximate surface area is 149 Å². The number of nitriles is 1. The zero-order chi connectivity index (χ0) is 19.1. The van der Waals surface area contributed by atoms with Gasteiger partial charge in [0.25, 0.3) is 0 Å². The van der Waals surface area contributed by atoms with Gasteiger partial charge in [0.1, 0.15) is 5.54 Å². The largest absolute Gasteiger partial charge is 0.419 e. The van der Waals surface area contributed by atoms with E-state index in [1.807, 2.05) is 0 Å². The van der Waals surface area contributed by atoms with Crippen LogP contribution in [-0.4, -0.2) is 19.7 Å².